The number of aryl methyl sites for hydroxylation is 1. The van der Waals surface area contributed by atoms with Gasteiger partial charge in [-0.25, -0.2) is 0 Å². The highest BCUT2D eigenvalue weighted by Crippen LogP contribution is 2.09. The van der Waals surface area contributed by atoms with E-state index < -0.39 is 0 Å². The van der Waals surface area contributed by atoms with Crippen molar-refractivity contribution in [2.24, 2.45) is 0 Å². The number of hydrogen-bond acceptors (Lipinski definition) is 0. The summed E-state index contributed by atoms with van der Waals surface area (Å²) < 4.78 is 0. The van der Waals surface area contributed by atoms with Gasteiger partial charge in [0.25, 0.3) is 0 Å². The zero-order valence-corrected chi connectivity index (χ0v) is 8.56. The van der Waals surface area contributed by atoms with E-state index in [1.165, 1.54) is 5.56 Å². The smallest absolute Gasteiger partial charge is 0.0839 e. The van der Waals surface area contributed by atoms with Gasteiger partial charge in [-0.15, -0.1) is 11.6 Å². The van der Waals surface area contributed by atoms with Gasteiger partial charge in [0.1, 0.15) is 0 Å². The first-order valence-electron chi connectivity index (χ1n) is 4.51. The normalized spacial score (nSPS) is 9.08. The first-order valence-corrected chi connectivity index (χ1v) is 5.04. The third-order valence-corrected chi connectivity index (χ3v) is 1.96. The van der Waals surface area contributed by atoms with Crippen molar-refractivity contribution in [2.75, 3.05) is 5.88 Å². The average Bonchev–Trinajstić information content (AvgIpc) is 2.17. The van der Waals surface area contributed by atoms with Gasteiger partial charge in [0.05, 0.1) is 5.88 Å². The standard InChI is InChI=1S/C12H13Cl/c1-2-6-11-7-3-4-8-12(11)9-5-10-13/h3-4,7-8H,2,6,10H2,1H3. The van der Waals surface area contributed by atoms with Gasteiger partial charge in [0.15, 0.2) is 0 Å². The van der Waals surface area contributed by atoms with Crippen molar-refractivity contribution < 1.29 is 0 Å². The molecule has 0 N–H and O–H groups in total. The van der Waals surface area contributed by atoms with E-state index in [1.807, 2.05) is 12.1 Å². The summed E-state index contributed by atoms with van der Waals surface area (Å²) in [4.78, 5) is 0. The summed E-state index contributed by atoms with van der Waals surface area (Å²) in [5.74, 6) is 6.35. The Labute approximate surface area is 84.9 Å². The molecule has 1 rings (SSSR count). The molecule has 0 fully saturated rings. The molecule has 0 nitrogen and oxygen atoms in total. The fourth-order valence-electron chi connectivity index (χ4n) is 1.26. The fourth-order valence-corrected chi connectivity index (χ4v) is 1.33. The van der Waals surface area contributed by atoms with E-state index in [-0.39, 0.29) is 0 Å². The van der Waals surface area contributed by atoms with Gasteiger partial charge in [0, 0.05) is 5.56 Å². The quantitative estimate of drug-likeness (QED) is 0.499. The largest absolute Gasteiger partial charge is 0.113 e. The minimum atomic E-state index is 0.403. The zero-order chi connectivity index (χ0) is 9.52. The van der Waals surface area contributed by atoms with Crippen LogP contribution in [0.1, 0.15) is 24.5 Å². The summed E-state index contributed by atoms with van der Waals surface area (Å²) >= 11 is 5.51. The predicted octanol–water partition coefficient (Wildman–Crippen LogP) is 3.23. The Hall–Kier alpha value is -0.930. The fraction of sp³-hybridized carbons (Fsp3) is 0.333. The molecule has 0 saturated heterocycles. The molecule has 0 spiro atoms. The molecule has 0 unspecified atom stereocenters. The minimum Gasteiger partial charge on any atom is -0.113 e. The van der Waals surface area contributed by atoms with Crippen LogP contribution < -0.4 is 0 Å². The van der Waals surface area contributed by atoms with Crippen LogP contribution in [0, 0.1) is 11.8 Å². The molecule has 0 bridgehead atoms. The minimum absolute atomic E-state index is 0.403. The van der Waals surface area contributed by atoms with E-state index in [2.05, 4.69) is 30.9 Å². The Balaban J connectivity index is 2.90. The monoisotopic (exact) mass is 192 g/mol. The molecule has 1 aromatic carbocycles. The summed E-state index contributed by atoms with van der Waals surface area (Å²) in [7, 11) is 0. The van der Waals surface area contributed by atoms with Gasteiger partial charge in [-0.3, -0.25) is 0 Å². The lowest BCUT2D eigenvalue weighted by atomic mass is 10.0. The highest BCUT2D eigenvalue weighted by Gasteiger charge is 1.95. The molecule has 0 aliphatic heterocycles. The Morgan fingerprint density at radius 1 is 1.31 bits per heavy atom. The molecule has 0 aromatic heterocycles. The van der Waals surface area contributed by atoms with Crippen molar-refractivity contribution in [2.45, 2.75) is 19.8 Å². The van der Waals surface area contributed by atoms with E-state index in [9.17, 15) is 0 Å². The van der Waals surface area contributed by atoms with Crippen molar-refractivity contribution in [3.8, 4) is 11.8 Å². The molecule has 0 aliphatic rings. The van der Waals surface area contributed by atoms with Crippen molar-refractivity contribution in [1.29, 1.82) is 0 Å². The Bertz CT molecular complexity index is 317. The molecule has 68 valence electrons. The maximum absolute atomic E-state index is 5.51. The molecule has 0 radical (unpaired) electrons. The highest BCUT2D eigenvalue weighted by atomic mass is 35.5. The van der Waals surface area contributed by atoms with Gasteiger partial charge >= 0.3 is 0 Å². The van der Waals surface area contributed by atoms with Gasteiger partial charge < -0.3 is 0 Å². The molecule has 0 atom stereocenters. The molecule has 0 amide bonds. The Kier molecular flexibility index (Phi) is 4.43. The van der Waals surface area contributed by atoms with Gasteiger partial charge in [-0.1, -0.05) is 43.4 Å². The lowest BCUT2D eigenvalue weighted by molar-refractivity contribution is 0.919. The van der Waals surface area contributed by atoms with Crippen LogP contribution in [0.3, 0.4) is 0 Å². The molecule has 1 aromatic rings. The van der Waals surface area contributed by atoms with Gasteiger partial charge in [0.2, 0.25) is 0 Å². The number of halogens is 1. The topological polar surface area (TPSA) is 0 Å². The number of hydrogen-bond donors (Lipinski definition) is 0. The highest BCUT2D eigenvalue weighted by molar-refractivity contribution is 6.19. The van der Waals surface area contributed by atoms with Crippen molar-refractivity contribution in [1.82, 2.24) is 0 Å². The number of benzene rings is 1. The molecular weight excluding hydrogens is 180 g/mol. The van der Waals surface area contributed by atoms with Crippen LogP contribution in [0.4, 0.5) is 0 Å². The maximum Gasteiger partial charge on any atom is 0.0839 e. The van der Waals surface area contributed by atoms with Crippen LogP contribution in [0.5, 0.6) is 0 Å². The second-order valence-electron chi connectivity index (χ2n) is 2.84. The van der Waals surface area contributed by atoms with Crippen molar-refractivity contribution in [3.05, 3.63) is 35.4 Å². The Morgan fingerprint density at radius 2 is 2.08 bits per heavy atom. The molecule has 0 saturated carbocycles. The molecule has 13 heavy (non-hydrogen) atoms. The zero-order valence-electron chi connectivity index (χ0n) is 7.81. The SMILES string of the molecule is CCCc1ccccc1C#CCCl. The predicted molar refractivity (Wildman–Crippen MR) is 58.0 cm³/mol. The maximum atomic E-state index is 5.51. The lowest BCUT2D eigenvalue weighted by Crippen LogP contribution is -1.88. The number of rotatable bonds is 2. The summed E-state index contributed by atoms with van der Waals surface area (Å²) in [6.07, 6.45) is 2.24. The Morgan fingerprint density at radius 3 is 2.77 bits per heavy atom. The second kappa shape index (κ2) is 5.67. The molecule has 0 heterocycles. The summed E-state index contributed by atoms with van der Waals surface area (Å²) in [5.41, 5.74) is 2.44. The van der Waals surface area contributed by atoms with E-state index in [0.717, 1.165) is 18.4 Å². The van der Waals surface area contributed by atoms with E-state index in [4.69, 9.17) is 11.6 Å². The van der Waals surface area contributed by atoms with Crippen molar-refractivity contribution >= 4 is 11.6 Å². The summed E-state index contributed by atoms with van der Waals surface area (Å²) in [5, 5.41) is 0. The van der Waals surface area contributed by atoms with Crippen LogP contribution in [-0.2, 0) is 6.42 Å². The van der Waals surface area contributed by atoms with Crippen LogP contribution in [0.25, 0.3) is 0 Å². The third-order valence-electron chi connectivity index (χ3n) is 1.83. The van der Waals surface area contributed by atoms with Crippen LogP contribution >= 0.6 is 11.6 Å². The third kappa shape index (κ3) is 3.13. The van der Waals surface area contributed by atoms with E-state index >= 15 is 0 Å². The lowest BCUT2D eigenvalue weighted by Gasteiger charge is -2.00. The first kappa shape index (κ1) is 10.2. The first-order chi connectivity index (χ1) is 6.38. The summed E-state index contributed by atoms with van der Waals surface area (Å²) in [6, 6.07) is 8.24. The van der Waals surface area contributed by atoms with Crippen LogP contribution in [-0.4, -0.2) is 5.88 Å². The van der Waals surface area contributed by atoms with E-state index in [0.29, 0.717) is 5.88 Å². The number of alkyl halides is 1. The molecule has 1 heteroatoms. The van der Waals surface area contributed by atoms with Crippen LogP contribution in [0.2, 0.25) is 0 Å². The summed E-state index contributed by atoms with van der Waals surface area (Å²) in [6.45, 7) is 2.17. The van der Waals surface area contributed by atoms with Gasteiger partial charge in [-0.2, -0.15) is 0 Å². The molecular formula is C12H13Cl. The second-order valence-corrected chi connectivity index (χ2v) is 3.11. The van der Waals surface area contributed by atoms with Gasteiger partial charge in [-0.05, 0) is 18.1 Å². The van der Waals surface area contributed by atoms with Crippen LogP contribution in [0.15, 0.2) is 24.3 Å². The van der Waals surface area contributed by atoms with Crippen molar-refractivity contribution in [3.63, 3.8) is 0 Å². The average molecular weight is 193 g/mol. The molecule has 0 aliphatic carbocycles. The van der Waals surface area contributed by atoms with E-state index in [1.54, 1.807) is 0 Å².